The smallest absolute Gasteiger partial charge is 0.135 e. The van der Waals surface area contributed by atoms with Crippen molar-refractivity contribution in [1.29, 1.82) is 0 Å². The van der Waals surface area contributed by atoms with E-state index in [-0.39, 0.29) is 5.82 Å². The van der Waals surface area contributed by atoms with Gasteiger partial charge in [0.25, 0.3) is 0 Å². The SMILES string of the molecule is Cc1cc(Oc2ccc(F)cc2)c(CCl)cn1. The summed E-state index contributed by atoms with van der Waals surface area (Å²) in [5, 5.41) is 0. The average Bonchev–Trinajstić information content (AvgIpc) is 2.32. The van der Waals surface area contributed by atoms with Crippen LogP contribution in [0.5, 0.6) is 11.5 Å². The van der Waals surface area contributed by atoms with Crippen LogP contribution in [-0.2, 0) is 5.88 Å². The van der Waals surface area contributed by atoms with Gasteiger partial charge < -0.3 is 4.74 Å². The zero-order chi connectivity index (χ0) is 12.3. The molecule has 2 aromatic rings. The van der Waals surface area contributed by atoms with Gasteiger partial charge in [-0.25, -0.2) is 4.39 Å². The largest absolute Gasteiger partial charge is 0.457 e. The number of halogens is 2. The van der Waals surface area contributed by atoms with E-state index in [0.717, 1.165) is 11.3 Å². The monoisotopic (exact) mass is 251 g/mol. The quantitative estimate of drug-likeness (QED) is 0.768. The topological polar surface area (TPSA) is 22.1 Å². The number of aryl methyl sites for hydroxylation is 1. The normalized spacial score (nSPS) is 10.3. The molecule has 1 aromatic carbocycles. The minimum absolute atomic E-state index is 0.291. The molecule has 0 radical (unpaired) electrons. The minimum Gasteiger partial charge on any atom is -0.457 e. The number of nitrogens with zero attached hydrogens (tertiary/aromatic N) is 1. The van der Waals surface area contributed by atoms with Crippen molar-refractivity contribution in [2.24, 2.45) is 0 Å². The number of hydrogen-bond acceptors (Lipinski definition) is 2. The number of alkyl halides is 1. The molecule has 0 bridgehead atoms. The summed E-state index contributed by atoms with van der Waals surface area (Å²) in [7, 11) is 0. The van der Waals surface area contributed by atoms with E-state index in [9.17, 15) is 4.39 Å². The van der Waals surface area contributed by atoms with Crippen molar-refractivity contribution >= 4 is 11.6 Å². The fourth-order valence-electron chi connectivity index (χ4n) is 1.39. The molecule has 0 aliphatic heterocycles. The molecule has 0 unspecified atom stereocenters. The molecule has 2 rings (SSSR count). The summed E-state index contributed by atoms with van der Waals surface area (Å²) in [5.74, 6) is 1.26. The first kappa shape index (κ1) is 11.9. The van der Waals surface area contributed by atoms with E-state index >= 15 is 0 Å². The highest BCUT2D eigenvalue weighted by Gasteiger charge is 2.05. The van der Waals surface area contributed by atoms with Gasteiger partial charge in [-0.2, -0.15) is 0 Å². The van der Waals surface area contributed by atoms with Gasteiger partial charge in [0.15, 0.2) is 0 Å². The third kappa shape index (κ3) is 2.94. The zero-order valence-corrected chi connectivity index (χ0v) is 10.0. The minimum atomic E-state index is -0.291. The molecule has 88 valence electrons. The maximum Gasteiger partial charge on any atom is 0.135 e. The molecular formula is C13H11ClFNO. The van der Waals surface area contributed by atoms with Crippen LogP contribution in [0.4, 0.5) is 4.39 Å². The van der Waals surface area contributed by atoms with Gasteiger partial charge in [-0.05, 0) is 31.2 Å². The Morgan fingerprint density at radius 2 is 2.00 bits per heavy atom. The molecule has 0 atom stereocenters. The van der Waals surface area contributed by atoms with E-state index in [1.165, 1.54) is 12.1 Å². The molecular weight excluding hydrogens is 241 g/mol. The molecule has 0 aliphatic rings. The van der Waals surface area contributed by atoms with Gasteiger partial charge in [0.1, 0.15) is 17.3 Å². The lowest BCUT2D eigenvalue weighted by Gasteiger charge is -2.09. The highest BCUT2D eigenvalue weighted by molar-refractivity contribution is 6.17. The van der Waals surface area contributed by atoms with Crippen LogP contribution in [0.2, 0.25) is 0 Å². The first-order valence-electron chi connectivity index (χ1n) is 5.14. The van der Waals surface area contributed by atoms with E-state index in [2.05, 4.69) is 4.98 Å². The number of ether oxygens (including phenoxy) is 1. The van der Waals surface area contributed by atoms with Gasteiger partial charge in [-0.1, -0.05) is 0 Å². The van der Waals surface area contributed by atoms with Gasteiger partial charge in [0.05, 0.1) is 5.88 Å². The predicted molar refractivity (Wildman–Crippen MR) is 65.0 cm³/mol. The molecule has 0 amide bonds. The summed E-state index contributed by atoms with van der Waals surface area (Å²) < 4.78 is 18.4. The second-order valence-corrected chi connectivity index (χ2v) is 3.89. The van der Waals surface area contributed by atoms with E-state index in [0.29, 0.717) is 17.4 Å². The number of pyridine rings is 1. The van der Waals surface area contributed by atoms with Gasteiger partial charge in [0, 0.05) is 23.5 Å². The summed E-state index contributed by atoms with van der Waals surface area (Å²) in [6.45, 7) is 1.87. The average molecular weight is 252 g/mol. The lowest BCUT2D eigenvalue weighted by molar-refractivity contribution is 0.475. The van der Waals surface area contributed by atoms with Gasteiger partial charge in [0.2, 0.25) is 0 Å². The molecule has 1 heterocycles. The fraction of sp³-hybridized carbons (Fsp3) is 0.154. The van der Waals surface area contributed by atoms with Gasteiger partial charge in [-0.3, -0.25) is 4.98 Å². The predicted octanol–water partition coefficient (Wildman–Crippen LogP) is 4.06. The molecule has 0 saturated heterocycles. The van der Waals surface area contributed by atoms with Crippen LogP contribution in [0.1, 0.15) is 11.3 Å². The van der Waals surface area contributed by atoms with E-state index in [4.69, 9.17) is 16.3 Å². The molecule has 4 heteroatoms. The van der Waals surface area contributed by atoms with E-state index < -0.39 is 0 Å². The van der Waals surface area contributed by atoms with E-state index in [1.807, 2.05) is 6.92 Å². The summed E-state index contributed by atoms with van der Waals surface area (Å²) in [6.07, 6.45) is 1.68. The maximum absolute atomic E-state index is 12.7. The number of rotatable bonds is 3. The Bertz CT molecular complexity index is 513. The van der Waals surface area contributed by atoms with Crippen LogP contribution >= 0.6 is 11.6 Å². The fourth-order valence-corrected chi connectivity index (χ4v) is 1.59. The summed E-state index contributed by atoms with van der Waals surface area (Å²) in [5.41, 5.74) is 1.65. The van der Waals surface area contributed by atoms with Crippen LogP contribution in [0.15, 0.2) is 36.5 Å². The molecule has 17 heavy (non-hydrogen) atoms. The molecule has 2 nitrogen and oxygen atoms in total. The summed E-state index contributed by atoms with van der Waals surface area (Å²) >= 11 is 5.80. The number of benzene rings is 1. The third-order valence-electron chi connectivity index (χ3n) is 2.27. The molecule has 0 spiro atoms. The van der Waals surface area contributed by atoms with Crippen molar-refractivity contribution in [2.75, 3.05) is 0 Å². The zero-order valence-electron chi connectivity index (χ0n) is 9.28. The van der Waals surface area contributed by atoms with Crippen molar-refractivity contribution < 1.29 is 9.13 Å². The Morgan fingerprint density at radius 1 is 1.29 bits per heavy atom. The highest BCUT2D eigenvalue weighted by atomic mass is 35.5. The van der Waals surface area contributed by atoms with Crippen LogP contribution in [-0.4, -0.2) is 4.98 Å². The Kier molecular flexibility index (Phi) is 3.59. The first-order chi connectivity index (χ1) is 8.19. The Hall–Kier alpha value is -1.61. The van der Waals surface area contributed by atoms with Crippen LogP contribution in [0.25, 0.3) is 0 Å². The van der Waals surface area contributed by atoms with Crippen LogP contribution < -0.4 is 4.74 Å². The van der Waals surface area contributed by atoms with Crippen molar-refractivity contribution in [3.05, 3.63) is 53.6 Å². The lowest BCUT2D eigenvalue weighted by atomic mass is 10.2. The van der Waals surface area contributed by atoms with Gasteiger partial charge >= 0.3 is 0 Å². The second kappa shape index (κ2) is 5.15. The summed E-state index contributed by atoms with van der Waals surface area (Å²) in [4.78, 5) is 4.14. The van der Waals surface area contributed by atoms with Crippen molar-refractivity contribution in [2.45, 2.75) is 12.8 Å². The lowest BCUT2D eigenvalue weighted by Crippen LogP contribution is -1.93. The van der Waals surface area contributed by atoms with Crippen molar-refractivity contribution in [1.82, 2.24) is 4.98 Å². The third-order valence-corrected chi connectivity index (χ3v) is 2.55. The molecule has 0 saturated carbocycles. The van der Waals surface area contributed by atoms with Crippen molar-refractivity contribution in [3.63, 3.8) is 0 Å². The first-order valence-corrected chi connectivity index (χ1v) is 5.67. The van der Waals surface area contributed by atoms with Gasteiger partial charge in [-0.15, -0.1) is 11.6 Å². The molecule has 0 fully saturated rings. The molecule has 1 aromatic heterocycles. The number of aromatic nitrogens is 1. The second-order valence-electron chi connectivity index (χ2n) is 3.62. The van der Waals surface area contributed by atoms with Crippen molar-refractivity contribution in [3.8, 4) is 11.5 Å². The van der Waals surface area contributed by atoms with E-state index in [1.54, 1.807) is 24.4 Å². The molecule has 0 aliphatic carbocycles. The standard InChI is InChI=1S/C13H11ClFNO/c1-9-6-13(10(7-14)8-16-9)17-12-4-2-11(15)3-5-12/h2-6,8H,7H2,1H3. The highest BCUT2D eigenvalue weighted by Crippen LogP contribution is 2.26. The maximum atomic E-state index is 12.7. The van der Waals surface area contributed by atoms with Crippen LogP contribution in [0, 0.1) is 12.7 Å². The Balaban J connectivity index is 2.28. The number of hydrogen-bond donors (Lipinski definition) is 0. The summed E-state index contributed by atoms with van der Waals surface area (Å²) in [6, 6.07) is 7.65. The van der Waals surface area contributed by atoms with Crippen LogP contribution in [0.3, 0.4) is 0 Å². The Labute approximate surface area is 104 Å². The molecule has 0 N–H and O–H groups in total. The Morgan fingerprint density at radius 3 is 2.65 bits per heavy atom.